The van der Waals surface area contributed by atoms with Gasteiger partial charge in [0, 0.05) is 25.2 Å². The fourth-order valence-corrected chi connectivity index (χ4v) is 5.39. The van der Waals surface area contributed by atoms with Gasteiger partial charge in [-0.2, -0.15) is 0 Å². The Hall–Kier alpha value is -0.940. The first-order chi connectivity index (χ1) is 11.6. The first-order valence-corrected chi connectivity index (χ1v) is 9.84. The van der Waals surface area contributed by atoms with Crippen molar-refractivity contribution in [1.82, 2.24) is 0 Å². The molecule has 0 bridgehead atoms. The van der Waals surface area contributed by atoms with Gasteiger partial charge in [0.1, 0.15) is 5.78 Å². The van der Waals surface area contributed by atoms with Crippen LogP contribution >= 0.6 is 0 Å². The van der Waals surface area contributed by atoms with Crippen molar-refractivity contribution in [2.24, 2.45) is 17.8 Å². The number of carbonyl (C=O) groups excluding carboxylic acids is 1. The highest BCUT2D eigenvalue weighted by atomic mass is 16.5. The lowest BCUT2D eigenvalue weighted by molar-refractivity contribution is -0.905. The SMILES string of the molecule is O=C(O)CCC1CC(=O)C1C1CCCC([NH+]([O-])C2CCCCC2)C1. The number of carboxylic acid groups (broad SMARTS) is 1. The first-order valence-electron chi connectivity index (χ1n) is 9.84. The van der Waals surface area contributed by atoms with Gasteiger partial charge < -0.3 is 15.4 Å². The second-order valence-electron chi connectivity index (χ2n) is 8.25. The number of hydrogen-bond donors (Lipinski definition) is 2. The van der Waals surface area contributed by atoms with E-state index in [-0.39, 0.29) is 30.3 Å². The molecule has 5 heteroatoms. The molecule has 5 atom stereocenters. The molecule has 3 rings (SSSR count). The zero-order valence-electron chi connectivity index (χ0n) is 14.5. The van der Waals surface area contributed by atoms with Gasteiger partial charge in [0.25, 0.3) is 0 Å². The molecule has 5 nitrogen and oxygen atoms in total. The predicted molar refractivity (Wildman–Crippen MR) is 90.4 cm³/mol. The van der Waals surface area contributed by atoms with Gasteiger partial charge in [0.2, 0.25) is 0 Å². The van der Waals surface area contributed by atoms with Crippen LogP contribution in [-0.2, 0) is 9.59 Å². The molecule has 5 unspecified atom stereocenters. The molecule has 136 valence electrons. The van der Waals surface area contributed by atoms with Gasteiger partial charge in [-0.05, 0) is 63.2 Å². The Labute approximate surface area is 144 Å². The van der Waals surface area contributed by atoms with Crippen LogP contribution in [0.1, 0.15) is 77.0 Å². The van der Waals surface area contributed by atoms with Crippen LogP contribution in [0.15, 0.2) is 0 Å². The van der Waals surface area contributed by atoms with Crippen LogP contribution in [-0.4, -0.2) is 28.9 Å². The molecule has 0 aliphatic heterocycles. The van der Waals surface area contributed by atoms with E-state index in [9.17, 15) is 14.8 Å². The minimum absolute atomic E-state index is 0.0336. The molecule has 0 radical (unpaired) electrons. The number of Topliss-reactive ketones (excluding diaryl/α,β-unsaturated/α-hetero) is 1. The van der Waals surface area contributed by atoms with E-state index >= 15 is 0 Å². The molecule has 0 aromatic rings. The average Bonchev–Trinajstić information content (AvgIpc) is 2.58. The number of quaternary nitrogens is 1. The maximum absolute atomic E-state index is 12.8. The summed E-state index contributed by atoms with van der Waals surface area (Å²) in [5, 5.41) is 22.2. The summed E-state index contributed by atoms with van der Waals surface area (Å²) in [5.41, 5.74) is 0. The number of hydroxylamine groups is 2. The quantitative estimate of drug-likeness (QED) is 0.729. The number of aliphatic carboxylic acids is 1. The van der Waals surface area contributed by atoms with Crippen LogP contribution in [0.2, 0.25) is 0 Å². The number of nitrogens with one attached hydrogen (secondary N) is 1. The van der Waals surface area contributed by atoms with Crippen LogP contribution in [0.4, 0.5) is 0 Å². The molecule has 0 amide bonds. The van der Waals surface area contributed by atoms with Crippen LogP contribution in [0.5, 0.6) is 0 Å². The van der Waals surface area contributed by atoms with Gasteiger partial charge in [-0.25, -0.2) is 0 Å². The van der Waals surface area contributed by atoms with Gasteiger partial charge in [-0.1, -0.05) is 6.42 Å². The lowest BCUT2D eigenvalue weighted by Gasteiger charge is -2.47. The molecule has 24 heavy (non-hydrogen) atoms. The van der Waals surface area contributed by atoms with Gasteiger partial charge in [0.05, 0.1) is 12.1 Å². The highest BCUT2D eigenvalue weighted by Crippen LogP contribution is 2.44. The Morgan fingerprint density at radius 2 is 1.79 bits per heavy atom. The van der Waals surface area contributed by atoms with E-state index in [1.807, 2.05) is 0 Å². The van der Waals surface area contributed by atoms with Crippen molar-refractivity contribution in [2.75, 3.05) is 0 Å². The molecule has 0 saturated heterocycles. The zero-order valence-corrected chi connectivity index (χ0v) is 14.5. The number of ketones is 1. The highest BCUT2D eigenvalue weighted by Gasteiger charge is 2.46. The monoisotopic (exact) mass is 337 g/mol. The van der Waals surface area contributed by atoms with E-state index in [0.717, 1.165) is 38.5 Å². The maximum Gasteiger partial charge on any atom is 0.303 e. The second kappa shape index (κ2) is 7.96. The Morgan fingerprint density at radius 3 is 2.46 bits per heavy atom. The van der Waals surface area contributed by atoms with E-state index in [1.165, 1.54) is 19.3 Å². The fourth-order valence-electron chi connectivity index (χ4n) is 5.39. The number of hydrogen-bond acceptors (Lipinski definition) is 3. The molecule has 0 aromatic heterocycles. The van der Waals surface area contributed by atoms with E-state index in [2.05, 4.69) is 0 Å². The van der Waals surface area contributed by atoms with Crippen LogP contribution in [0.25, 0.3) is 0 Å². The normalized spacial score (nSPS) is 36.1. The van der Waals surface area contributed by atoms with E-state index < -0.39 is 5.97 Å². The molecule has 2 N–H and O–H groups in total. The number of carboxylic acids is 1. The third-order valence-electron chi connectivity index (χ3n) is 6.70. The van der Waals surface area contributed by atoms with Gasteiger partial charge >= 0.3 is 5.97 Å². The minimum atomic E-state index is -0.776. The molecule has 3 aliphatic carbocycles. The Kier molecular flexibility index (Phi) is 5.93. The Bertz CT molecular complexity index is 460. The van der Waals surface area contributed by atoms with Crippen molar-refractivity contribution in [2.45, 2.75) is 89.1 Å². The smallest absolute Gasteiger partial charge is 0.303 e. The molecule has 3 aliphatic rings. The lowest BCUT2D eigenvalue weighted by Crippen LogP contribution is -3.15. The zero-order chi connectivity index (χ0) is 17.1. The first kappa shape index (κ1) is 17.9. The van der Waals surface area contributed by atoms with Crippen molar-refractivity contribution in [1.29, 1.82) is 0 Å². The minimum Gasteiger partial charge on any atom is -0.634 e. The number of rotatable bonds is 6. The standard InChI is InChI=1S/C19H31NO4/c21-17-12-14(9-10-18(22)23)19(17)13-5-4-8-16(11-13)20(24)15-6-2-1-3-7-15/h13-16,19-20H,1-12H2,(H,22,23). The summed E-state index contributed by atoms with van der Waals surface area (Å²) in [6.45, 7) is 0. The lowest BCUT2D eigenvalue weighted by atomic mass is 9.60. The summed E-state index contributed by atoms with van der Waals surface area (Å²) in [5.74, 6) is 0.119. The van der Waals surface area contributed by atoms with Gasteiger partial charge in [-0.15, -0.1) is 0 Å². The maximum atomic E-state index is 12.8. The molecule has 0 spiro atoms. The van der Waals surface area contributed by atoms with Crippen LogP contribution < -0.4 is 5.06 Å². The summed E-state index contributed by atoms with van der Waals surface area (Å²) in [4.78, 5) is 22.9. The molecule has 3 saturated carbocycles. The predicted octanol–water partition coefficient (Wildman–Crippen LogP) is 2.33. The average molecular weight is 337 g/mol. The number of carbonyl (C=O) groups is 2. The summed E-state index contributed by atoms with van der Waals surface area (Å²) in [6.07, 6.45) is 11.0. The molecule has 0 aromatic carbocycles. The summed E-state index contributed by atoms with van der Waals surface area (Å²) in [7, 11) is 0. The molecular weight excluding hydrogens is 306 g/mol. The third kappa shape index (κ3) is 3.99. The molecule has 0 heterocycles. The topological polar surface area (TPSA) is 81.9 Å². The summed E-state index contributed by atoms with van der Waals surface area (Å²) in [6, 6.07) is 0.419. The van der Waals surface area contributed by atoms with E-state index in [4.69, 9.17) is 5.11 Å². The summed E-state index contributed by atoms with van der Waals surface area (Å²) >= 11 is 0. The van der Waals surface area contributed by atoms with E-state index in [1.54, 1.807) is 0 Å². The van der Waals surface area contributed by atoms with Crippen molar-refractivity contribution in [3.63, 3.8) is 0 Å². The Morgan fingerprint density at radius 1 is 1.08 bits per heavy atom. The largest absolute Gasteiger partial charge is 0.634 e. The van der Waals surface area contributed by atoms with Gasteiger partial charge in [0.15, 0.2) is 0 Å². The molecular formula is C19H31NO4. The second-order valence-corrected chi connectivity index (χ2v) is 8.25. The third-order valence-corrected chi connectivity index (χ3v) is 6.70. The van der Waals surface area contributed by atoms with Crippen molar-refractivity contribution >= 4 is 11.8 Å². The van der Waals surface area contributed by atoms with Crippen LogP contribution in [0.3, 0.4) is 0 Å². The highest BCUT2D eigenvalue weighted by molar-refractivity contribution is 5.87. The van der Waals surface area contributed by atoms with Crippen molar-refractivity contribution in [3.05, 3.63) is 5.21 Å². The van der Waals surface area contributed by atoms with Crippen molar-refractivity contribution in [3.8, 4) is 0 Å². The van der Waals surface area contributed by atoms with Crippen molar-refractivity contribution < 1.29 is 19.8 Å². The van der Waals surface area contributed by atoms with Crippen LogP contribution in [0, 0.1) is 23.0 Å². The Balaban J connectivity index is 1.56. The fraction of sp³-hybridized carbons (Fsp3) is 0.895. The summed E-state index contributed by atoms with van der Waals surface area (Å²) < 4.78 is 0. The molecule has 3 fully saturated rings. The van der Waals surface area contributed by atoms with E-state index in [0.29, 0.717) is 29.6 Å². The van der Waals surface area contributed by atoms with Gasteiger partial charge in [-0.3, -0.25) is 9.59 Å².